The Hall–Kier alpha value is -2.44. The largest absolute Gasteiger partial charge is 0.472 e. The maximum Gasteiger partial charge on any atom is 0.227 e. The van der Waals surface area contributed by atoms with Gasteiger partial charge in [-0.05, 0) is 26.7 Å². The molecule has 2 aromatic heterocycles. The zero-order valence-corrected chi connectivity index (χ0v) is 13.4. The number of piperidine rings is 1. The van der Waals surface area contributed by atoms with E-state index in [9.17, 15) is 4.79 Å². The molecule has 1 amide bonds. The quantitative estimate of drug-likeness (QED) is 0.854. The van der Waals surface area contributed by atoms with Crippen LogP contribution in [0.1, 0.15) is 29.9 Å². The van der Waals surface area contributed by atoms with Gasteiger partial charge in [0, 0.05) is 24.4 Å². The first kappa shape index (κ1) is 15.5. The molecular formula is C16H20N4O3. The Morgan fingerprint density at radius 3 is 3.04 bits per heavy atom. The maximum atomic E-state index is 12.5. The highest BCUT2D eigenvalue weighted by atomic mass is 16.5. The van der Waals surface area contributed by atoms with Crippen LogP contribution in [0, 0.1) is 13.8 Å². The fourth-order valence-corrected chi connectivity index (χ4v) is 2.80. The van der Waals surface area contributed by atoms with Crippen molar-refractivity contribution in [1.82, 2.24) is 20.0 Å². The van der Waals surface area contributed by atoms with E-state index in [2.05, 4.69) is 15.1 Å². The van der Waals surface area contributed by atoms with Crippen LogP contribution in [0.3, 0.4) is 0 Å². The molecule has 1 atom stereocenters. The monoisotopic (exact) mass is 316 g/mol. The van der Waals surface area contributed by atoms with E-state index in [1.54, 1.807) is 12.3 Å². The Kier molecular flexibility index (Phi) is 4.55. The highest BCUT2D eigenvalue weighted by molar-refractivity contribution is 5.79. The number of aryl methyl sites for hydroxylation is 2. The number of carbonyl (C=O) groups excluding carboxylic acids is 1. The number of carbonyl (C=O) groups is 1. The summed E-state index contributed by atoms with van der Waals surface area (Å²) in [6, 6.07) is 1.73. The Balaban J connectivity index is 1.61. The third kappa shape index (κ3) is 3.67. The lowest BCUT2D eigenvalue weighted by Crippen LogP contribution is -2.45. The van der Waals surface area contributed by atoms with Gasteiger partial charge in [-0.2, -0.15) is 0 Å². The molecule has 1 saturated heterocycles. The fraction of sp³-hybridized carbons (Fsp3) is 0.500. The number of hydrogen-bond acceptors (Lipinski definition) is 6. The molecule has 0 saturated carbocycles. The molecule has 122 valence electrons. The zero-order valence-electron chi connectivity index (χ0n) is 13.4. The number of aromatic nitrogens is 3. The van der Waals surface area contributed by atoms with E-state index in [0.717, 1.165) is 30.6 Å². The molecule has 3 rings (SSSR count). The van der Waals surface area contributed by atoms with E-state index in [0.29, 0.717) is 24.6 Å². The molecule has 23 heavy (non-hydrogen) atoms. The molecule has 7 heteroatoms. The van der Waals surface area contributed by atoms with E-state index >= 15 is 0 Å². The first-order valence-electron chi connectivity index (χ1n) is 7.75. The van der Waals surface area contributed by atoms with Gasteiger partial charge in [0.05, 0.1) is 18.7 Å². The smallest absolute Gasteiger partial charge is 0.227 e. The van der Waals surface area contributed by atoms with E-state index in [1.165, 1.54) is 6.33 Å². The molecule has 0 bridgehead atoms. The van der Waals surface area contributed by atoms with Crippen molar-refractivity contribution in [3.63, 3.8) is 0 Å². The van der Waals surface area contributed by atoms with Crippen molar-refractivity contribution in [2.45, 2.75) is 39.2 Å². The third-order valence-corrected chi connectivity index (χ3v) is 4.08. The van der Waals surface area contributed by atoms with Crippen molar-refractivity contribution < 1.29 is 14.1 Å². The standard InChI is InChI=1S/C16H20N4O3/c1-11-14(12(2)23-19-11)8-16(21)20-7-3-4-13(9-20)22-15-5-6-17-10-18-15/h5-6,10,13H,3-4,7-9H2,1-2H3. The molecule has 0 aliphatic carbocycles. The van der Waals surface area contributed by atoms with Gasteiger partial charge in [0.2, 0.25) is 11.8 Å². The van der Waals surface area contributed by atoms with Crippen LogP contribution in [0.15, 0.2) is 23.1 Å². The first-order chi connectivity index (χ1) is 11.1. The normalized spacial score (nSPS) is 18.0. The van der Waals surface area contributed by atoms with Gasteiger partial charge in [-0.1, -0.05) is 5.16 Å². The number of nitrogens with zero attached hydrogens (tertiary/aromatic N) is 4. The number of likely N-dealkylation sites (tertiary alicyclic amines) is 1. The lowest BCUT2D eigenvalue weighted by molar-refractivity contribution is -0.133. The molecule has 0 spiro atoms. The van der Waals surface area contributed by atoms with Crippen molar-refractivity contribution >= 4 is 5.91 Å². The van der Waals surface area contributed by atoms with Crippen LogP contribution in [0.25, 0.3) is 0 Å². The summed E-state index contributed by atoms with van der Waals surface area (Å²) in [6.07, 6.45) is 5.22. The van der Waals surface area contributed by atoms with Crippen LogP contribution in [0.5, 0.6) is 5.88 Å². The topological polar surface area (TPSA) is 81.4 Å². The molecule has 3 heterocycles. The van der Waals surface area contributed by atoms with Crippen LogP contribution in [0.4, 0.5) is 0 Å². The third-order valence-electron chi connectivity index (χ3n) is 4.08. The number of hydrogen-bond donors (Lipinski definition) is 0. The first-order valence-corrected chi connectivity index (χ1v) is 7.75. The average Bonchev–Trinajstić information content (AvgIpc) is 2.88. The van der Waals surface area contributed by atoms with Crippen molar-refractivity contribution in [3.8, 4) is 5.88 Å². The van der Waals surface area contributed by atoms with Gasteiger partial charge in [0.15, 0.2) is 0 Å². The highest BCUT2D eigenvalue weighted by Gasteiger charge is 2.26. The Morgan fingerprint density at radius 2 is 2.35 bits per heavy atom. The van der Waals surface area contributed by atoms with Crippen molar-refractivity contribution in [2.24, 2.45) is 0 Å². The average molecular weight is 316 g/mol. The highest BCUT2D eigenvalue weighted by Crippen LogP contribution is 2.19. The fourth-order valence-electron chi connectivity index (χ4n) is 2.80. The molecule has 2 aromatic rings. The van der Waals surface area contributed by atoms with Gasteiger partial charge in [0.25, 0.3) is 0 Å². The van der Waals surface area contributed by atoms with Gasteiger partial charge in [0.1, 0.15) is 18.2 Å². The second-order valence-electron chi connectivity index (χ2n) is 5.75. The molecule has 1 unspecified atom stereocenters. The molecule has 0 N–H and O–H groups in total. The summed E-state index contributed by atoms with van der Waals surface area (Å²) in [5, 5.41) is 3.90. The Bertz CT molecular complexity index is 652. The van der Waals surface area contributed by atoms with Crippen LogP contribution in [-0.4, -0.2) is 45.1 Å². The van der Waals surface area contributed by atoms with Gasteiger partial charge in [-0.3, -0.25) is 4.79 Å². The van der Waals surface area contributed by atoms with Crippen LogP contribution < -0.4 is 4.74 Å². The van der Waals surface area contributed by atoms with Gasteiger partial charge in [-0.15, -0.1) is 0 Å². The van der Waals surface area contributed by atoms with Crippen molar-refractivity contribution in [3.05, 3.63) is 35.6 Å². The lowest BCUT2D eigenvalue weighted by atomic mass is 10.1. The zero-order chi connectivity index (χ0) is 16.2. The minimum Gasteiger partial charge on any atom is -0.472 e. The molecule has 1 fully saturated rings. The lowest BCUT2D eigenvalue weighted by Gasteiger charge is -2.32. The summed E-state index contributed by atoms with van der Waals surface area (Å²) in [5.41, 5.74) is 1.66. The van der Waals surface area contributed by atoms with Crippen LogP contribution in [0.2, 0.25) is 0 Å². The second kappa shape index (κ2) is 6.76. The van der Waals surface area contributed by atoms with Gasteiger partial charge < -0.3 is 14.2 Å². The minimum atomic E-state index is -0.0349. The molecule has 0 radical (unpaired) electrons. The Morgan fingerprint density at radius 1 is 1.48 bits per heavy atom. The van der Waals surface area contributed by atoms with Crippen LogP contribution in [-0.2, 0) is 11.2 Å². The minimum absolute atomic E-state index is 0.0349. The summed E-state index contributed by atoms with van der Waals surface area (Å²) in [4.78, 5) is 22.3. The van der Waals surface area contributed by atoms with Crippen LogP contribution >= 0.6 is 0 Å². The molecule has 7 nitrogen and oxygen atoms in total. The summed E-state index contributed by atoms with van der Waals surface area (Å²) in [7, 11) is 0. The van der Waals surface area contributed by atoms with Gasteiger partial charge in [-0.25, -0.2) is 9.97 Å². The predicted molar refractivity (Wildman–Crippen MR) is 81.9 cm³/mol. The predicted octanol–water partition coefficient (Wildman–Crippen LogP) is 1.69. The van der Waals surface area contributed by atoms with E-state index in [-0.39, 0.29) is 12.0 Å². The molecular weight excluding hydrogens is 296 g/mol. The molecule has 0 aromatic carbocycles. The van der Waals surface area contributed by atoms with E-state index in [4.69, 9.17) is 9.26 Å². The van der Waals surface area contributed by atoms with E-state index < -0.39 is 0 Å². The number of rotatable bonds is 4. The number of amides is 1. The SMILES string of the molecule is Cc1noc(C)c1CC(=O)N1CCCC(Oc2ccncn2)C1. The summed E-state index contributed by atoms with van der Waals surface area (Å²) in [6.45, 7) is 5.02. The maximum absolute atomic E-state index is 12.5. The Labute approximate surface area is 134 Å². The number of ether oxygens (including phenoxy) is 1. The summed E-state index contributed by atoms with van der Waals surface area (Å²) < 4.78 is 11.0. The van der Waals surface area contributed by atoms with Gasteiger partial charge >= 0.3 is 0 Å². The van der Waals surface area contributed by atoms with Crippen molar-refractivity contribution in [2.75, 3.05) is 13.1 Å². The molecule has 1 aliphatic rings. The summed E-state index contributed by atoms with van der Waals surface area (Å²) in [5.74, 6) is 1.34. The van der Waals surface area contributed by atoms with Crippen molar-refractivity contribution in [1.29, 1.82) is 0 Å². The molecule has 1 aliphatic heterocycles. The summed E-state index contributed by atoms with van der Waals surface area (Å²) >= 11 is 0. The second-order valence-corrected chi connectivity index (χ2v) is 5.75. The van der Waals surface area contributed by atoms with E-state index in [1.807, 2.05) is 18.7 Å².